The van der Waals surface area contributed by atoms with Crippen molar-refractivity contribution in [3.8, 4) is 5.75 Å². The number of sulfone groups is 1. The fraction of sp³-hybridized carbons (Fsp3) is 0.316. The predicted molar refractivity (Wildman–Crippen MR) is 99.5 cm³/mol. The van der Waals surface area contributed by atoms with Gasteiger partial charge in [-0.05, 0) is 43.7 Å². The maximum Gasteiger partial charge on any atom is 0.245 e. The molecule has 25 heavy (non-hydrogen) atoms. The molecule has 0 spiro atoms. The summed E-state index contributed by atoms with van der Waals surface area (Å²) in [6.07, 6.45) is 0. The SMILES string of the molecule is CCN(C(=O)C(C)S(=O)(=O)Cc1cccc(OC)c1)c1ccccc1. The van der Waals surface area contributed by atoms with Crippen LogP contribution >= 0.6 is 0 Å². The average molecular weight is 361 g/mol. The molecule has 2 aromatic rings. The maximum atomic E-state index is 12.8. The Morgan fingerprint density at radius 3 is 2.40 bits per heavy atom. The Balaban J connectivity index is 2.21. The van der Waals surface area contributed by atoms with Crippen molar-refractivity contribution in [3.63, 3.8) is 0 Å². The lowest BCUT2D eigenvalue weighted by Crippen LogP contribution is -2.42. The normalized spacial score (nSPS) is 12.4. The third-order valence-corrected chi connectivity index (χ3v) is 6.05. The van der Waals surface area contributed by atoms with Crippen LogP contribution in [0, 0.1) is 0 Å². The van der Waals surface area contributed by atoms with E-state index in [1.807, 2.05) is 25.1 Å². The van der Waals surface area contributed by atoms with E-state index in [2.05, 4.69) is 0 Å². The number of benzene rings is 2. The van der Waals surface area contributed by atoms with Crippen LogP contribution in [0.2, 0.25) is 0 Å². The van der Waals surface area contributed by atoms with Gasteiger partial charge >= 0.3 is 0 Å². The van der Waals surface area contributed by atoms with Gasteiger partial charge in [-0.2, -0.15) is 0 Å². The summed E-state index contributed by atoms with van der Waals surface area (Å²) in [5, 5.41) is -1.13. The predicted octanol–water partition coefficient (Wildman–Crippen LogP) is 3.05. The third kappa shape index (κ3) is 4.60. The van der Waals surface area contributed by atoms with Crippen molar-refractivity contribution >= 4 is 21.4 Å². The smallest absolute Gasteiger partial charge is 0.245 e. The van der Waals surface area contributed by atoms with Crippen molar-refractivity contribution in [2.45, 2.75) is 24.9 Å². The van der Waals surface area contributed by atoms with E-state index in [0.717, 1.165) is 0 Å². The number of hydrogen-bond acceptors (Lipinski definition) is 4. The van der Waals surface area contributed by atoms with Crippen molar-refractivity contribution in [1.29, 1.82) is 0 Å². The van der Waals surface area contributed by atoms with Crippen molar-refractivity contribution in [3.05, 3.63) is 60.2 Å². The van der Waals surface area contributed by atoms with Crippen LogP contribution in [0.4, 0.5) is 5.69 Å². The van der Waals surface area contributed by atoms with Gasteiger partial charge in [0.2, 0.25) is 5.91 Å². The molecule has 1 unspecified atom stereocenters. The number of amides is 1. The molecule has 0 fully saturated rings. The van der Waals surface area contributed by atoms with Crippen LogP contribution in [0.25, 0.3) is 0 Å². The van der Waals surface area contributed by atoms with E-state index in [4.69, 9.17) is 4.74 Å². The number of anilines is 1. The minimum atomic E-state index is -3.65. The van der Waals surface area contributed by atoms with Gasteiger partial charge in [0, 0.05) is 12.2 Å². The Morgan fingerprint density at radius 2 is 1.80 bits per heavy atom. The van der Waals surface area contributed by atoms with E-state index in [1.165, 1.54) is 18.9 Å². The van der Waals surface area contributed by atoms with Crippen molar-refractivity contribution < 1.29 is 17.9 Å². The third-order valence-electron chi connectivity index (χ3n) is 4.04. The van der Waals surface area contributed by atoms with E-state index in [9.17, 15) is 13.2 Å². The second kappa shape index (κ2) is 8.16. The highest BCUT2D eigenvalue weighted by atomic mass is 32.2. The van der Waals surface area contributed by atoms with Gasteiger partial charge in [0.15, 0.2) is 9.84 Å². The van der Waals surface area contributed by atoms with Gasteiger partial charge in [0.05, 0.1) is 12.9 Å². The molecule has 1 amide bonds. The first-order valence-corrected chi connectivity index (χ1v) is 9.81. The minimum Gasteiger partial charge on any atom is -0.497 e. The van der Waals surface area contributed by atoms with Crippen LogP contribution in [0.15, 0.2) is 54.6 Å². The molecule has 6 heteroatoms. The van der Waals surface area contributed by atoms with E-state index in [0.29, 0.717) is 23.5 Å². The number of methoxy groups -OCH3 is 1. The summed E-state index contributed by atoms with van der Waals surface area (Å²) in [6.45, 7) is 3.68. The van der Waals surface area contributed by atoms with Gasteiger partial charge in [-0.25, -0.2) is 8.42 Å². The summed E-state index contributed by atoms with van der Waals surface area (Å²) in [6, 6.07) is 15.9. The largest absolute Gasteiger partial charge is 0.497 e. The Labute approximate surface area is 149 Å². The number of para-hydroxylation sites is 1. The van der Waals surface area contributed by atoms with E-state index >= 15 is 0 Å². The number of hydrogen-bond donors (Lipinski definition) is 0. The van der Waals surface area contributed by atoms with Gasteiger partial charge in [-0.15, -0.1) is 0 Å². The zero-order valence-electron chi connectivity index (χ0n) is 14.7. The van der Waals surface area contributed by atoms with Gasteiger partial charge in [-0.1, -0.05) is 30.3 Å². The summed E-state index contributed by atoms with van der Waals surface area (Å²) in [4.78, 5) is 14.3. The lowest BCUT2D eigenvalue weighted by molar-refractivity contribution is -0.117. The van der Waals surface area contributed by atoms with Gasteiger partial charge < -0.3 is 9.64 Å². The molecule has 2 rings (SSSR count). The Morgan fingerprint density at radius 1 is 1.12 bits per heavy atom. The van der Waals surface area contributed by atoms with E-state index < -0.39 is 21.0 Å². The van der Waals surface area contributed by atoms with Crippen molar-refractivity contribution in [2.24, 2.45) is 0 Å². The molecule has 0 heterocycles. The lowest BCUT2D eigenvalue weighted by atomic mass is 10.2. The molecule has 0 saturated carbocycles. The molecule has 0 bridgehead atoms. The molecule has 1 atom stereocenters. The second-order valence-electron chi connectivity index (χ2n) is 5.72. The summed E-state index contributed by atoms with van der Waals surface area (Å²) in [5.74, 6) is -0.0357. The Kier molecular flexibility index (Phi) is 6.20. The van der Waals surface area contributed by atoms with Crippen LogP contribution in [-0.4, -0.2) is 33.2 Å². The molecule has 0 N–H and O–H groups in total. The molecular formula is C19H23NO4S. The van der Waals surface area contributed by atoms with Crippen LogP contribution in [0.3, 0.4) is 0 Å². The van der Waals surface area contributed by atoms with Crippen molar-refractivity contribution in [2.75, 3.05) is 18.6 Å². The first kappa shape index (κ1) is 19.0. The van der Waals surface area contributed by atoms with Gasteiger partial charge in [0.1, 0.15) is 11.0 Å². The lowest BCUT2D eigenvalue weighted by Gasteiger charge is -2.24. The molecule has 5 nitrogen and oxygen atoms in total. The standard InChI is InChI=1S/C19H23NO4S/c1-4-20(17-10-6-5-7-11-17)19(21)15(2)25(22,23)14-16-9-8-12-18(13-16)24-3/h5-13,15H,4,14H2,1-3H3. The van der Waals surface area contributed by atoms with E-state index in [-0.39, 0.29) is 5.75 Å². The monoisotopic (exact) mass is 361 g/mol. The van der Waals surface area contributed by atoms with Crippen LogP contribution in [-0.2, 0) is 20.4 Å². The first-order chi connectivity index (χ1) is 11.9. The molecule has 0 radical (unpaired) electrons. The summed E-state index contributed by atoms with van der Waals surface area (Å²) < 4.78 is 30.5. The van der Waals surface area contributed by atoms with Gasteiger partial charge in [-0.3, -0.25) is 4.79 Å². The highest BCUT2D eigenvalue weighted by Gasteiger charge is 2.31. The molecule has 0 saturated heterocycles. The second-order valence-corrected chi connectivity index (χ2v) is 8.04. The highest BCUT2D eigenvalue weighted by molar-refractivity contribution is 7.92. The molecule has 134 valence electrons. The Bertz CT molecular complexity index is 818. The molecule has 0 aliphatic rings. The zero-order valence-corrected chi connectivity index (χ0v) is 15.5. The molecule has 0 aromatic heterocycles. The highest BCUT2D eigenvalue weighted by Crippen LogP contribution is 2.20. The van der Waals surface area contributed by atoms with Crippen LogP contribution < -0.4 is 9.64 Å². The first-order valence-electron chi connectivity index (χ1n) is 8.10. The fourth-order valence-corrected chi connectivity index (χ4v) is 3.89. The summed E-state index contributed by atoms with van der Waals surface area (Å²) in [5.41, 5.74) is 1.29. The molecule has 0 aliphatic carbocycles. The Hall–Kier alpha value is -2.34. The summed E-state index contributed by atoms with van der Waals surface area (Å²) in [7, 11) is -2.12. The van der Waals surface area contributed by atoms with Crippen LogP contribution in [0.5, 0.6) is 5.75 Å². The minimum absolute atomic E-state index is 0.205. The molecule has 2 aromatic carbocycles. The van der Waals surface area contributed by atoms with Crippen LogP contribution in [0.1, 0.15) is 19.4 Å². The quantitative estimate of drug-likeness (QED) is 0.760. The average Bonchev–Trinajstić information content (AvgIpc) is 2.62. The summed E-state index contributed by atoms with van der Waals surface area (Å²) >= 11 is 0. The van der Waals surface area contributed by atoms with Crippen molar-refractivity contribution in [1.82, 2.24) is 0 Å². The number of carbonyl (C=O) groups excluding carboxylic acids is 1. The zero-order chi connectivity index (χ0) is 18.4. The number of nitrogens with zero attached hydrogens (tertiary/aromatic N) is 1. The molecular weight excluding hydrogens is 338 g/mol. The molecule has 0 aliphatic heterocycles. The maximum absolute atomic E-state index is 12.8. The number of rotatable bonds is 7. The van der Waals surface area contributed by atoms with E-state index in [1.54, 1.807) is 36.4 Å². The fourth-order valence-electron chi connectivity index (χ4n) is 2.57. The topological polar surface area (TPSA) is 63.7 Å². The number of ether oxygens (including phenoxy) is 1. The van der Waals surface area contributed by atoms with Gasteiger partial charge in [0.25, 0.3) is 0 Å². The number of carbonyl (C=O) groups is 1.